The van der Waals surface area contributed by atoms with Crippen LogP contribution in [-0.4, -0.2) is 42.6 Å². The summed E-state index contributed by atoms with van der Waals surface area (Å²) in [4.78, 5) is 13.1. The Morgan fingerprint density at radius 2 is 0.891 bits per heavy atom. The fourth-order valence-corrected chi connectivity index (χ4v) is 6.31. The Morgan fingerprint density at radius 1 is 0.500 bits per heavy atom. The first-order valence-corrected chi connectivity index (χ1v) is 17.7. The minimum absolute atomic E-state index is 0.301. The van der Waals surface area contributed by atoms with Crippen molar-refractivity contribution >= 4 is 5.97 Å². The molecule has 0 aromatic heterocycles. The number of esters is 1. The van der Waals surface area contributed by atoms with Crippen LogP contribution in [0, 0.1) is 0 Å². The van der Waals surface area contributed by atoms with Gasteiger partial charge in [-0.3, -0.25) is 0 Å². The Bertz CT molecular complexity index is 1200. The molecule has 1 aliphatic rings. The minimum atomic E-state index is -1.04. The van der Waals surface area contributed by atoms with Gasteiger partial charge in [0.1, 0.15) is 11.5 Å². The number of aliphatic hydroxyl groups is 2. The second kappa shape index (κ2) is 20.0. The lowest BCUT2D eigenvalue weighted by Crippen LogP contribution is -2.29. The van der Waals surface area contributed by atoms with Gasteiger partial charge in [0.15, 0.2) is 5.60 Å². The zero-order valence-corrected chi connectivity index (χ0v) is 27.6. The summed E-state index contributed by atoms with van der Waals surface area (Å²) in [6.45, 7) is 1.96. The van der Waals surface area contributed by atoms with Gasteiger partial charge >= 0.3 is 5.97 Å². The largest absolute Gasteiger partial charge is 0.494 e. The summed E-state index contributed by atoms with van der Waals surface area (Å²) in [5.74, 6) is 1.30. The molecule has 6 nitrogen and oxygen atoms in total. The van der Waals surface area contributed by atoms with Gasteiger partial charge in [0.25, 0.3) is 0 Å². The van der Waals surface area contributed by atoms with E-state index in [9.17, 15) is 4.79 Å². The molecule has 0 saturated heterocycles. The van der Waals surface area contributed by atoms with Crippen LogP contribution in [0.4, 0.5) is 0 Å². The maximum absolute atomic E-state index is 13.1. The summed E-state index contributed by atoms with van der Waals surface area (Å²) < 4.78 is 18.4. The molecule has 0 bridgehead atoms. The predicted molar refractivity (Wildman–Crippen MR) is 184 cm³/mol. The lowest BCUT2D eigenvalue weighted by molar-refractivity contribution is 0.0251. The molecule has 2 N–H and O–H groups in total. The van der Waals surface area contributed by atoms with E-state index in [1.807, 2.05) is 72.8 Å². The lowest BCUT2D eigenvalue weighted by Gasteiger charge is -2.30. The Hall–Kier alpha value is -3.35. The van der Waals surface area contributed by atoms with E-state index >= 15 is 0 Å². The third-order valence-electron chi connectivity index (χ3n) is 8.94. The number of fused-ring (bicyclic) bond motifs is 1. The van der Waals surface area contributed by atoms with Crippen LogP contribution in [-0.2, 0) is 10.3 Å². The van der Waals surface area contributed by atoms with E-state index in [2.05, 4.69) is 0 Å². The highest BCUT2D eigenvalue weighted by Crippen LogP contribution is 2.47. The number of carbonyl (C=O) groups excluding carboxylic acids is 1. The Morgan fingerprint density at radius 3 is 1.33 bits per heavy atom. The second-order valence-electron chi connectivity index (χ2n) is 12.5. The molecule has 0 unspecified atom stereocenters. The summed E-state index contributed by atoms with van der Waals surface area (Å²) in [7, 11) is 0. The number of rotatable bonds is 24. The van der Waals surface area contributed by atoms with Gasteiger partial charge in [0.05, 0.1) is 18.8 Å². The van der Waals surface area contributed by atoms with Crippen molar-refractivity contribution < 1.29 is 29.2 Å². The van der Waals surface area contributed by atoms with Crippen LogP contribution < -0.4 is 9.47 Å². The van der Waals surface area contributed by atoms with E-state index in [0.29, 0.717) is 32.0 Å². The second-order valence-corrected chi connectivity index (χ2v) is 12.5. The zero-order valence-electron chi connectivity index (χ0n) is 27.6. The van der Waals surface area contributed by atoms with Crippen LogP contribution >= 0.6 is 0 Å². The molecule has 0 amide bonds. The smallest absolute Gasteiger partial charge is 0.340 e. The Labute approximate surface area is 276 Å². The quantitative estimate of drug-likeness (QED) is 0.0759. The topological polar surface area (TPSA) is 85.2 Å². The maximum Gasteiger partial charge on any atom is 0.340 e. The first kappa shape index (κ1) is 35.5. The number of hydrogen-bond acceptors (Lipinski definition) is 6. The van der Waals surface area contributed by atoms with Crippen molar-refractivity contribution in [1.82, 2.24) is 0 Å². The number of carbonyl (C=O) groups is 1. The van der Waals surface area contributed by atoms with Gasteiger partial charge < -0.3 is 24.4 Å². The molecule has 4 rings (SSSR count). The van der Waals surface area contributed by atoms with Crippen molar-refractivity contribution in [2.75, 3.05) is 26.4 Å². The van der Waals surface area contributed by atoms with Gasteiger partial charge in [-0.25, -0.2) is 4.79 Å². The van der Waals surface area contributed by atoms with Gasteiger partial charge in [-0.1, -0.05) is 120 Å². The Balaban J connectivity index is 1.31. The van der Waals surface area contributed by atoms with Gasteiger partial charge in [0.2, 0.25) is 0 Å². The summed E-state index contributed by atoms with van der Waals surface area (Å²) in [5, 5.41) is 17.8. The number of aliphatic hydroxyl groups excluding tert-OH is 2. The van der Waals surface area contributed by atoms with Crippen molar-refractivity contribution in [3.63, 3.8) is 0 Å². The predicted octanol–water partition coefficient (Wildman–Crippen LogP) is 9.13. The summed E-state index contributed by atoms with van der Waals surface area (Å²) in [6.07, 6.45) is 18.2. The van der Waals surface area contributed by atoms with Crippen LogP contribution in [0.2, 0.25) is 0 Å². The lowest BCUT2D eigenvalue weighted by atomic mass is 9.80. The highest BCUT2D eigenvalue weighted by molar-refractivity contribution is 5.96. The first-order valence-electron chi connectivity index (χ1n) is 17.7. The Kier molecular flexibility index (Phi) is 15.4. The molecule has 1 heterocycles. The molecule has 0 radical (unpaired) electrons. The molecule has 250 valence electrons. The average molecular weight is 631 g/mol. The zero-order chi connectivity index (χ0) is 32.3. The summed E-state index contributed by atoms with van der Waals surface area (Å²) >= 11 is 0. The molecule has 3 aromatic carbocycles. The molecule has 6 heteroatoms. The van der Waals surface area contributed by atoms with Crippen LogP contribution in [0.15, 0.2) is 72.8 Å². The average Bonchev–Trinajstić information content (AvgIpc) is 3.40. The fraction of sp³-hybridized carbons (Fsp3) is 0.525. The van der Waals surface area contributed by atoms with Crippen molar-refractivity contribution in [2.24, 2.45) is 0 Å². The molecule has 0 atom stereocenters. The molecule has 0 spiro atoms. The minimum Gasteiger partial charge on any atom is -0.494 e. The fourth-order valence-electron chi connectivity index (χ4n) is 6.31. The highest BCUT2D eigenvalue weighted by atomic mass is 16.6. The van der Waals surface area contributed by atoms with Gasteiger partial charge in [-0.05, 0) is 56.0 Å². The van der Waals surface area contributed by atoms with Gasteiger partial charge in [0, 0.05) is 29.9 Å². The van der Waals surface area contributed by atoms with Crippen LogP contribution in [0.25, 0.3) is 0 Å². The van der Waals surface area contributed by atoms with E-state index in [1.165, 1.54) is 51.4 Å². The first-order chi connectivity index (χ1) is 22.7. The summed E-state index contributed by atoms with van der Waals surface area (Å²) in [5.41, 5.74) is 2.15. The van der Waals surface area contributed by atoms with E-state index < -0.39 is 5.60 Å². The number of unbranched alkanes of at least 4 members (excludes halogenated alkanes) is 14. The van der Waals surface area contributed by atoms with E-state index in [1.54, 1.807) is 0 Å². The molecule has 3 aromatic rings. The number of cyclic esters (lactones) is 1. The van der Waals surface area contributed by atoms with E-state index in [-0.39, 0.29) is 5.97 Å². The number of benzene rings is 3. The van der Waals surface area contributed by atoms with Crippen molar-refractivity contribution in [1.29, 1.82) is 0 Å². The van der Waals surface area contributed by atoms with Gasteiger partial charge in [-0.15, -0.1) is 0 Å². The normalized spacial score (nSPS) is 13.4. The maximum atomic E-state index is 13.1. The van der Waals surface area contributed by atoms with Crippen molar-refractivity contribution in [2.45, 2.75) is 108 Å². The molecule has 0 saturated carbocycles. The van der Waals surface area contributed by atoms with Crippen LogP contribution in [0.5, 0.6) is 11.5 Å². The van der Waals surface area contributed by atoms with Crippen molar-refractivity contribution in [3.05, 3.63) is 95.1 Å². The third-order valence-corrected chi connectivity index (χ3v) is 8.94. The van der Waals surface area contributed by atoms with Crippen molar-refractivity contribution in [3.8, 4) is 11.5 Å². The molecular formula is C40H54O6. The van der Waals surface area contributed by atoms with E-state index in [0.717, 1.165) is 79.6 Å². The standard InChI is InChI=1S/C40H54O6/c41-29-15-9-5-1-3-7-11-17-31-44-35-25-21-33(22-26-35)40(38-20-14-13-19-37(38)39(43)46-40)34-23-27-36(28-24-34)45-32-18-12-8-4-2-6-10-16-30-42/h13-14,19-28,41-42H,1-12,15-18,29-32H2. The van der Waals surface area contributed by atoms with Crippen LogP contribution in [0.3, 0.4) is 0 Å². The number of ether oxygens (including phenoxy) is 3. The van der Waals surface area contributed by atoms with Gasteiger partial charge in [-0.2, -0.15) is 0 Å². The van der Waals surface area contributed by atoms with E-state index in [4.69, 9.17) is 24.4 Å². The number of hydrogen-bond donors (Lipinski definition) is 2. The SMILES string of the molecule is O=C1OC(c2ccc(OCCCCCCCCCCO)cc2)(c2ccc(OCCCCCCCCCCO)cc2)c2ccccc21. The molecule has 0 aliphatic carbocycles. The monoisotopic (exact) mass is 630 g/mol. The molecular weight excluding hydrogens is 576 g/mol. The molecule has 46 heavy (non-hydrogen) atoms. The molecule has 1 aliphatic heterocycles. The van der Waals surface area contributed by atoms with Crippen LogP contribution in [0.1, 0.15) is 130 Å². The third kappa shape index (κ3) is 10.3. The highest BCUT2D eigenvalue weighted by Gasteiger charge is 2.48. The summed E-state index contributed by atoms with van der Waals surface area (Å²) in [6, 6.07) is 23.6. The molecule has 0 fully saturated rings.